The second-order valence-electron chi connectivity index (χ2n) is 6.50. The van der Waals surface area contributed by atoms with Crippen molar-refractivity contribution in [2.45, 2.75) is 32.7 Å². The summed E-state index contributed by atoms with van der Waals surface area (Å²) in [6.07, 6.45) is 2.68. The van der Waals surface area contributed by atoms with Crippen molar-refractivity contribution < 1.29 is 13.2 Å². The summed E-state index contributed by atoms with van der Waals surface area (Å²) in [4.78, 5) is 14.9. The van der Waals surface area contributed by atoms with Crippen LogP contribution in [0.2, 0.25) is 0 Å². The molecular weight excluding hydrogens is 358 g/mol. The molecule has 142 valence electrons. The van der Waals surface area contributed by atoms with E-state index < -0.39 is 10.0 Å². The van der Waals surface area contributed by atoms with Crippen LogP contribution in [0.4, 0.5) is 0 Å². The van der Waals surface area contributed by atoms with Crippen LogP contribution in [0.25, 0.3) is 0 Å². The lowest BCUT2D eigenvalue weighted by Crippen LogP contribution is -2.46. The SMILES string of the molecule is CCN(CC)C(CNC(=O)C1CCCN(S(C)(=O)=O)C1)c1ccsc1. The van der Waals surface area contributed by atoms with Crippen molar-refractivity contribution in [3.63, 3.8) is 0 Å². The van der Waals surface area contributed by atoms with Crippen LogP contribution < -0.4 is 5.32 Å². The van der Waals surface area contributed by atoms with E-state index in [0.29, 0.717) is 19.6 Å². The molecule has 1 aromatic heterocycles. The molecule has 0 saturated carbocycles. The van der Waals surface area contributed by atoms with Crippen LogP contribution in [0.15, 0.2) is 16.8 Å². The van der Waals surface area contributed by atoms with Crippen molar-refractivity contribution >= 4 is 27.3 Å². The van der Waals surface area contributed by atoms with Gasteiger partial charge in [-0.25, -0.2) is 12.7 Å². The van der Waals surface area contributed by atoms with Crippen molar-refractivity contribution in [3.8, 4) is 0 Å². The number of likely N-dealkylation sites (N-methyl/N-ethyl adjacent to an activating group) is 1. The van der Waals surface area contributed by atoms with Crippen LogP contribution >= 0.6 is 11.3 Å². The van der Waals surface area contributed by atoms with Gasteiger partial charge in [0.15, 0.2) is 0 Å². The Morgan fingerprint density at radius 2 is 2.16 bits per heavy atom. The van der Waals surface area contributed by atoms with Gasteiger partial charge in [0.1, 0.15) is 0 Å². The standard InChI is InChI=1S/C17H29N3O3S2/c1-4-19(5-2)16(15-8-10-24-13-15)11-18-17(21)14-7-6-9-20(12-14)25(3,22)23/h8,10,13-14,16H,4-7,9,11-12H2,1-3H3,(H,18,21). The first-order valence-electron chi connectivity index (χ1n) is 8.85. The molecule has 1 saturated heterocycles. The van der Waals surface area contributed by atoms with E-state index in [9.17, 15) is 13.2 Å². The minimum absolute atomic E-state index is 0.0410. The average molecular weight is 388 g/mol. The summed E-state index contributed by atoms with van der Waals surface area (Å²) in [7, 11) is -3.23. The fraction of sp³-hybridized carbons (Fsp3) is 0.706. The van der Waals surface area contributed by atoms with Crippen LogP contribution in [0, 0.1) is 5.92 Å². The third-order valence-electron chi connectivity index (χ3n) is 4.87. The Balaban J connectivity index is 1.99. The van der Waals surface area contributed by atoms with Gasteiger partial charge in [-0.1, -0.05) is 13.8 Å². The quantitative estimate of drug-likeness (QED) is 0.740. The maximum atomic E-state index is 12.6. The highest BCUT2D eigenvalue weighted by Crippen LogP contribution is 2.23. The lowest BCUT2D eigenvalue weighted by molar-refractivity contribution is -0.126. The van der Waals surface area contributed by atoms with Crippen molar-refractivity contribution in [1.29, 1.82) is 0 Å². The van der Waals surface area contributed by atoms with Gasteiger partial charge in [-0.3, -0.25) is 9.69 Å². The topological polar surface area (TPSA) is 69.7 Å². The number of carbonyl (C=O) groups is 1. The summed E-state index contributed by atoms with van der Waals surface area (Å²) in [5.74, 6) is -0.302. The number of nitrogens with zero attached hydrogens (tertiary/aromatic N) is 2. The molecule has 0 bridgehead atoms. The number of rotatable bonds is 8. The normalized spacial score (nSPS) is 20.6. The van der Waals surface area contributed by atoms with Gasteiger partial charge in [-0.2, -0.15) is 11.3 Å². The molecule has 2 atom stereocenters. The highest BCUT2D eigenvalue weighted by molar-refractivity contribution is 7.88. The van der Waals surface area contributed by atoms with Crippen molar-refractivity contribution in [2.24, 2.45) is 5.92 Å². The highest BCUT2D eigenvalue weighted by atomic mass is 32.2. The Morgan fingerprint density at radius 1 is 1.44 bits per heavy atom. The van der Waals surface area contributed by atoms with Gasteiger partial charge in [-0.05, 0) is 48.3 Å². The summed E-state index contributed by atoms with van der Waals surface area (Å²) >= 11 is 1.66. The molecule has 8 heteroatoms. The number of nitrogens with one attached hydrogen (secondary N) is 1. The molecule has 2 heterocycles. The van der Waals surface area contributed by atoms with Gasteiger partial charge in [0.2, 0.25) is 15.9 Å². The van der Waals surface area contributed by atoms with Crippen molar-refractivity contribution in [2.75, 3.05) is 39.0 Å². The molecule has 0 radical (unpaired) electrons. The minimum atomic E-state index is -3.23. The summed E-state index contributed by atoms with van der Waals surface area (Å²) in [5, 5.41) is 7.24. The van der Waals surface area contributed by atoms with Crippen molar-refractivity contribution in [3.05, 3.63) is 22.4 Å². The summed E-state index contributed by atoms with van der Waals surface area (Å²) in [6.45, 7) is 7.42. The maximum Gasteiger partial charge on any atom is 0.224 e. The fourth-order valence-corrected chi connectivity index (χ4v) is 5.00. The molecule has 0 spiro atoms. The lowest BCUT2D eigenvalue weighted by atomic mass is 9.98. The predicted molar refractivity (Wildman–Crippen MR) is 102 cm³/mol. The predicted octanol–water partition coefficient (Wildman–Crippen LogP) is 1.92. The zero-order valence-electron chi connectivity index (χ0n) is 15.3. The molecule has 2 rings (SSSR count). The number of sulfonamides is 1. The third kappa shape index (κ3) is 5.51. The first kappa shape index (κ1) is 20.4. The molecule has 1 N–H and O–H groups in total. The summed E-state index contributed by atoms with van der Waals surface area (Å²) in [5.41, 5.74) is 1.22. The molecule has 1 fully saturated rings. The number of hydrogen-bond acceptors (Lipinski definition) is 5. The van der Waals surface area contributed by atoms with Gasteiger partial charge in [0.25, 0.3) is 0 Å². The van der Waals surface area contributed by atoms with Gasteiger partial charge in [-0.15, -0.1) is 0 Å². The van der Waals surface area contributed by atoms with Crippen LogP contribution in [0.5, 0.6) is 0 Å². The average Bonchev–Trinajstić information content (AvgIpc) is 3.12. The molecule has 1 aromatic rings. The number of amides is 1. The van der Waals surface area contributed by atoms with Gasteiger partial charge in [0.05, 0.1) is 18.2 Å². The third-order valence-corrected chi connectivity index (χ3v) is 6.85. The van der Waals surface area contributed by atoms with Crippen molar-refractivity contribution in [1.82, 2.24) is 14.5 Å². The van der Waals surface area contributed by atoms with E-state index in [4.69, 9.17) is 0 Å². The highest BCUT2D eigenvalue weighted by Gasteiger charge is 2.30. The zero-order valence-corrected chi connectivity index (χ0v) is 16.9. The fourth-order valence-electron chi connectivity index (χ4n) is 3.39. The first-order chi connectivity index (χ1) is 11.9. The van der Waals surface area contributed by atoms with Crippen LogP contribution in [-0.4, -0.2) is 62.5 Å². The number of carbonyl (C=O) groups excluding carboxylic acids is 1. The van der Waals surface area contributed by atoms with E-state index in [2.05, 4.69) is 40.9 Å². The van der Waals surface area contributed by atoms with E-state index in [1.165, 1.54) is 16.1 Å². The van der Waals surface area contributed by atoms with E-state index in [-0.39, 0.29) is 17.9 Å². The minimum Gasteiger partial charge on any atom is -0.354 e. The second-order valence-corrected chi connectivity index (χ2v) is 9.26. The van der Waals surface area contributed by atoms with Gasteiger partial charge >= 0.3 is 0 Å². The maximum absolute atomic E-state index is 12.6. The Kier molecular flexibility index (Phi) is 7.42. The Morgan fingerprint density at radius 3 is 2.72 bits per heavy atom. The van der Waals surface area contributed by atoms with Crippen LogP contribution in [0.3, 0.4) is 0 Å². The second kappa shape index (κ2) is 9.12. The monoisotopic (exact) mass is 387 g/mol. The Labute approximate surface area is 155 Å². The van der Waals surface area contributed by atoms with Crippen LogP contribution in [-0.2, 0) is 14.8 Å². The molecule has 1 aliphatic heterocycles. The molecule has 25 heavy (non-hydrogen) atoms. The van der Waals surface area contributed by atoms with Gasteiger partial charge < -0.3 is 5.32 Å². The molecule has 2 unspecified atom stereocenters. The number of hydrogen-bond donors (Lipinski definition) is 1. The number of piperidine rings is 1. The van der Waals surface area contributed by atoms with E-state index >= 15 is 0 Å². The Hall–Kier alpha value is -0.960. The van der Waals surface area contributed by atoms with Crippen LogP contribution in [0.1, 0.15) is 38.3 Å². The first-order valence-corrected chi connectivity index (χ1v) is 11.6. The molecule has 0 aromatic carbocycles. The summed E-state index contributed by atoms with van der Waals surface area (Å²) in [6, 6.07) is 2.26. The van der Waals surface area contributed by atoms with E-state index in [1.54, 1.807) is 11.3 Å². The summed E-state index contributed by atoms with van der Waals surface area (Å²) < 4.78 is 24.9. The largest absolute Gasteiger partial charge is 0.354 e. The molecule has 6 nitrogen and oxygen atoms in total. The van der Waals surface area contributed by atoms with E-state index in [0.717, 1.165) is 25.9 Å². The zero-order chi connectivity index (χ0) is 18.4. The Bertz CT molecular complexity index is 642. The van der Waals surface area contributed by atoms with E-state index in [1.807, 2.05) is 0 Å². The van der Waals surface area contributed by atoms with Gasteiger partial charge in [0, 0.05) is 19.6 Å². The molecule has 1 amide bonds. The smallest absolute Gasteiger partial charge is 0.224 e. The molecule has 1 aliphatic rings. The molecule has 0 aliphatic carbocycles. The molecular formula is C17H29N3O3S2. The lowest BCUT2D eigenvalue weighted by Gasteiger charge is -2.32. The number of thiophene rings is 1.